The summed E-state index contributed by atoms with van der Waals surface area (Å²) in [7, 11) is 1.83. The van der Waals surface area contributed by atoms with Crippen LogP contribution in [0.2, 0.25) is 0 Å². The molecule has 1 aliphatic heterocycles. The molecule has 1 heterocycles. The Balaban J connectivity index is 1.82. The van der Waals surface area contributed by atoms with Crippen LogP contribution in [0.3, 0.4) is 0 Å². The first-order valence-electron chi connectivity index (χ1n) is 8.01. The molecular formula is C17H24FN3O2. The van der Waals surface area contributed by atoms with Gasteiger partial charge in [-0.1, -0.05) is 6.92 Å². The lowest BCUT2D eigenvalue weighted by atomic mass is 9.95. The van der Waals surface area contributed by atoms with Crippen molar-refractivity contribution in [3.8, 4) is 0 Å². The zero-order valence-electron chi connectivity index (χ0n) is 13.6. The van der Waals surface area contributed by atoms with E-state index in [0.29, 0.717) is 38.2 Å². The molecular weight excluding hydrogens is 297 g/mol. The minimum atomic E-state index is -0.328. The van der Waals surface area contributed by atoms with Crippen molar-refractivity contribution in [1.29, 1.82) is 0 Å². The summed E-state index contributed by atoms with van der Waals surface area (Å²) in [6, 6.07) is 5.73. The van der Waals surface area contributed by atoms with Gasteiger partial charge in [0.25, 0.3) is 0 Å². The number of hydrogen-bond acceptors (Lipinski definition) is 3. The summed E-state index contributed by atoms with van der Waals surface area (Å²) in [6.07, 6.45) is 1.32. The van der Waals surface area contributed by atoms with Crippen LogP contribution in [0.1, 0.15) is 19.8 Å². The predicted octanol–water partition coefficient (Wildman–Crippen LogP) is 1.86. The number of halogens is 1. The van der Waals surface area contributed by atoms with Crippen molar-refractivity contribution < 1.29 is 14.0 Å². The van der Waals surface area contributed by atoms with Crippen molar-refractivity contribution >= 4 is 17.5 Å². The smallest absolute Gasteiger partial charge is 0.227 e. The van der Waals surface area contributed by atoms with E-state index in [0.717, 1.165) is 0 Å². The average Bonchev–Trinajstić information content (AvgIpc) is 2.56. The lowest BCUT2D eigenvalue weighted by molar-refractivity contribution is -0.137. The van der Waals surface area contributed by atoms with Gasteiger partial charge in [0.15, 0.2) is 0 Å². The van der Waals surface area contributed by atoms with Crippen molar-refractivity contribution in [2.24, 2.45) is 11.8 Å². The molecule has 1 aromatic rings. The Bertz CT molecular complexity index is 539. The zero-order valence-corrected chi connectivity index (χ0v) is 13.6. The van der Waals surface area contributed by atoms with Crippen LogP contribution >= 0.6 is 0 Å². The van der Waals surface area contributed by atoms with Crippen molar-refractivity contribution in [1.82, 2.24) is 10.2 Å². The van der Waals surface area contributed by atoms with Crippen LogP contribution in [0.4, 0.5) is 10.1 Å². The van der Waals surface area contributed by atoms with E-state index in [1.807, 2.05) is 18.9 Å². The fourth-order valence-electron chi connectivity index (χ4n) is 2.84. The highest BCUT2D eigenvalue weighted by Crippen LogP contribution is 2.21. The Kier molecular flexibility index (Phi) is 6.10. The SMILES string of the molecule is CNCC(C)C(=O)N1CCC(C(=O)Nc2ccc(F)cc2)CC1. The van der Waals surface area contributed by atoms with E-state index >= 15 is 0 Å². The number of rotatable bonds is 5. The van der Waals surface area contributed by atoms with Crippen LogP contribution in [-0.2, 0) is 9.59 Å². The van der Waals surface area contributed by atoms with Gasteiger partial charge in [-0.3, -0.25) is 9.59 Å². The molecule has 2 rings (SSSR count). The number of nitrogens with zero attached hydrogens (tertiary/aromatic N) is 1. The first-order chi connectivity index (χ1) is 11.0. The number of benzene rings is 1. The highest BCUT2D eigenvalue weighted by Gasteiger charge is 2.29. The van der Waals surface area contributed by atoms with Crippen molar-refractivity contribution in [3.63, 3.8) is 0 Å². The first kappa shape index (κ1) is 17.4. The molecule has 126 valence electrons. The fourth-order valence-corrected chi connectivity index (χ4v) is 2.84. The summed E-state index contributed by atoms with van der Waals surface area (Å²) in [5, 5.41) is 5.81. The molecule has 23 heavy (non-hydrogen) atoms. The molecule has 0 radical (unpaired) electrons. The Hall–Kier alpha value is -1.95. The topological polar surface area (TPSA) is 61.4 Å². The van der Waals surface area contributed by atoms with Crippen LogP contribution in [0, 0.1) is 17.7 Å². The molecule has 1 atom stereocenters. The Morgan fingerprint density at radius 3 is 2.43 bits per heavy atom. The van der Waals surface area contributed by atoms with Gasteiger partial charge in [-0.2, -0.15) is 0 Å². The molecule has 0 aliphatic carbocycles. The highest BCUT2D eigenvalue weighted by molar-refractivity contribution is 5.92. The number of carbonyl (C=O) groups excluding carboxylic acids is 2. The van der Waals surface area contributed by atoms with Gasteiger partial charge in [0.1, 0.15) is 5.82 Å². The molecule has 0 aromatic heterocycles. The van der Waals surface area contributed by atoms with Crippen LogP contribution in [-0.4, -0.2) is 43.4 Å². The molecule has 1 fully saturated rings. The first-order valence-corrected chi connectivity index (χ1v) is 8.01. The standard InChI is InChI=1S/C17H24FN3O2/c1-12(11-19-2)17(23)21-9-7-13(8-10-21)16(22)20-15-5-3-14(18)4-6-15/h3-6,12-13,19H,7-11H2,1-2H3,(H,20,22). The second-order valence-electron chi connectivity index (χ2n) is 6.05. The molecule has 5 nitrogen and oxygen atoms in total. The lowest BCUT2D eigenvalue weighted by Crippen LogP contribution is -2.45. The van der Waals surface area contributed by atoms with E-state index in [9.17, 15) is 14.0 Å². The van der Waals surface area contributed by atoms with Gasteiger partial charge in [-0.15, -0.1) is 0 Å². The summed E-state index contributed by atoms with van der Waals surface area (Å²) in [4.78, 5) is 26.3. The van der Waals surface area contributed by atoms with E-state index in [1.165, 1.54) is 12.1 Å². The van der Waals surface area contributed by atoms with Crippen LogP contribution in [0.25, 0.3) is 0 Å². The molecule has 1 aromatic carbocycles. The third kappa shape index (κ3) is 4.76. The number of carbonyl (C=O) groups is 2. The fraction of sp³-hybridized carbons (Fsp3) is 0.529. The zero-order chi connectivity index (χ0) is 16.8. The van der Waals surface area contributed by atoms with Gasteiger partial charge in [-0.25, -0.2) is 4.39 Å². The number of nitrogens with one attached hydrogen (secondary N) is 2. The van der Waals surface area contributed by atoms with Crippen LogP contribution in [0.15, 0.2) is 24.3 Å². The Labute approximate surface area is 136 Å². The third-order valence-corrected chi connectivity index (χ3v) is 4.22. The molecule has 2 N–H and O–H groups in total. The van der Waals surface area contributed by atoms with Gasteiger partial charge >= 0.3 is 0 Å². The molecule has 2 amide bonds. The van der Waals surface area contributed by atoms with Gasteiger partial charge in [0.05, 0.1) is 0 Å². The van der Waals surface area contributed by atoms with E-state index < -0.39 is 0 Å². The second-order valence-corrected chi connectivity index (χ2v) is 6.05. The second kappa shape index (κ2) is 8.06. The molecule has 1 aliphatic rings. The van der Waals surface area contributed by atoms with E-state index in [2.05, 4.69) is 10.6 Å². The number of anilines is 1. The summed E-state index contributed by atoms with van der Waals surface area (Å²) in [6.45, 7) is 3.78. The number of likely N-dealkylation sites (tertiary alicyclic amines) is 1. The summed E-state index contributed by atoms with van der Waals surface area (Å²) >= 11 is 0. The van der Waals surface area contributed by atoms with Crippen molar-refractivity contribution in [2.75, 3.05) is 32.0 Å². The molecule has 0 bridgehead atoms. The van der Waals surface area contributed by atoms with E-state index in [1.54, 1.807) is 12.1 Å². The van der Waals surface area contributed by atoms with Gasteiger partial charge in [0, 0.05) is 37.2 Å². The molecule has 1 saturated heterocycles. The maximum absolute atomic E-state index is 12.9. The quantitative estimate of drug-likeness (QED) is 0.870. The Morgan fingerprint density at radius 1 is 1.26 bits per heavy atom. The highest BCUT2D eigenvalue weighted by atomic mass is 19.1. The van der Waals surface area contributed by atoms with Gasteiger partial charge < -0.3 is 15.5 Å². The maximum atomic E-state index is 12.9. The van der Waals surface area contributed by atoms with Crippen LogP contribution < -0.4 is 10.6 Å². The molecule has 6 heteroatoms. The van der Waals surface area contributed by atoms with Crippen LogP contribution in [0.5, 0.6) is 0 Å². The Morgan fingerprint density at radius 2 is 1.87 bits per heavy atom. The average molecular weight is 321 g/mol. The number of piperidine rings is 1. The summed E-state index contributed by atoms with van der Waals surface area (Å²) in [5.41, 5.74) is 0.595. The number of hydrogen-bond donors (Lipinski definition) is 2. The minimum absolute atomic E-state index is 0.0513. The van der Waals surface area contributed by atoms with Crippen molar-refractivity contribution in [2.45, 2.75) is 19.8 Å². The van der Waals surface area contributed by atoms with Gasteiger partial charge in [0.2, 0.25) is 11.8 Å². The molecule has 0 spiro atoms. The van der Waals surface area contributed by atoms with Crippen molar-refractivity contribution in [3.05, 3.63) is 30.1 Å². The van der Waals surface area contributed by atoms with Gasteiger partial charge in [-0.05, 0) is 44.2 Å². The maximum Gasteiger partial charge on any atom is 0.227 e. The molecule has 0 saturated carbocycles. The van der Waals surface area contributed by atoms with E-state index in [-0.39, 0.29) is 29.5 Å². The third-order valence-electron chi connectivity index (χ3n) is 4.22. The normalized spacial score (nSPS) is 16.9. The molecule has 1 unspecified atom stereocenters. The van der Waals surface area contributed by atoms with E-state index in [4.69, 9.17) is 0 Å². The largest absolute Gasteiger partial charge is 0.342 e. The monoisotopic (exact) mass is 321 g/mol. The summed E-state index contributed by atoms with van der Waals surface area (Å²) in [5.74, 6) is -0.414. The number of amides is 2. The lowest BCUT2D eigenvalue weighted by Gasteiger charge is -2.33. The minimum Gasteiger partial charge on any atom is -0.342 e. The summed E-state index contributed by atoms with van der Waals surface area (Å²) < 4.78 is 12.9. The predicted molar refractivity (Wildman–Crippen MR) is 87.4 cm³/mol.